The second-order valence-corrected chi connectivity index (χ2v) is 3.46. The SMILES string of the molecule is Cl.Cl.NCC1CCCOC1c1cn[nH]c1. The zero-order chi connectivity index (χ0) is 9.10. The molecule has 2 unspecified atom stereocenters. The Hall–Kier alpha value is -0.290. The lowest BCUT2D eigenvalue weighted by Crippen LogP contribution is -2.28. The zero-order valence-corrected chi connectivity index (χ0v) is 10.0. The Morgan fingerprint density at radius 2 is 2.33 bits per heavy atom. The molecule has 0 amide bonds. The molecule has 1 saturated heterocycles. The van der Waals surface area contributed by atoms with E-state index in [0.717, 1.165) is 25.0 Å². The number of aromatic amines is 1. The summed E-state index contributed by atoms with van der Waals surface area (Å²) >= 11 is 0. The van der Waals surface area contributed by atoms with Crippen LogP contribution in [0.15, 0.2) is 12.4 Å². The van der Waals surface area contributed by atoms with Crippen LogP contribution in [0.25, 0.3) is 0 Å². The topological polar surface area (TPSA) is 63.9 Å². The van der Waals surface area contributed by atoms with Crippen molar-refractivity contribution < 1.29 is 4.74 Å². The number of nitrogens with one attached hydrogen (secondary N) is 1. The van der Waals surface area contributed by atoms with Gasteiger partial charge in [-0.05, 0) is 19.4 Å². The molecule has 0 aromatic carbocycles. The molecular weight excluding hydrogens is 237 g/mol. The minimum absolute atomic E-state index is 0. The molecule has 0 saturated carbocycles. The van der Waals surface area contributed by atoms with E-state index in [-0.39, 0.29) is 30.9 Å². The highest BCUT2D eigenvalue weighted by molar-refractivity contribution is 5.85. The van der Waals surface area contributed by atoms with Gasteiger partial charge in [-0.15, -0.1) is 24.8 Å². The van der Waals surface area contributed by atoms with E-state index in [9.17, 15) is 0 Å². The molecule has 6 heteroatoms. The maximum absolute atomic E-state index is 5.69. The van der Waals surface area contributed by atoms with Gasteiger partial charge < -0.3 is 10.5 Å². The first-order valence-electron chi connectivity index (χ1n) is 4.72. The van der Waals surface area contributed by atoms with Crippen molar-refractivity contribution >= 4 is 24.8 Å². The monoisotopic (exact) mass is 253 g/mol. The van der Waals surface area contributed by atoms with Crippen LogP contribution in [0.4, 0.5) is 0 Å². The quantitative estimate of drug-likeness (QED) is 0.843. The molecule has 3 N–H and O–H groups in total. The molecule has 1 aliphatic rings. The summed E-state index contributed by atoms with van der Waals surface area (Å²) in [6.45, 7) is 1.53. The number of halogens is 2. The van der Waals surface area contributed by atoms with Crippen LogP contribution >= 0.6 is 24.8 Å². The minimum atomic E-state index is 0. The Bertz CT molecular complexity index is 256. The van der Waals surface area contributed by atoms with Gasteiger partial charge in [0.15, 0.2) is 0 Å². The number of ether oxygens (including phenoxy) is 1. The van der Waals surface area contributed by atoms with Gasteiger partial charge in [-0.25, -0.2) is 0 Å². The number of hydrogen-bond donors (Lipinski definition) is 2. The van der Waals surface area contributed by atoms with Gasteiger partial charge in [0.2, 0.25) is 0 Å². The maximum Gasteiger partial charge on any atom is 0.0895 e. The van der Waals surface area contributed by atoms with Gasteiger partial charge in [-0.3, -0.25) is 5.10 Å². The van der Waals surface area contributed by atoms with Crippen molar-refractivity contribution in [1.82, 2.24) is 10.2 Å². The van der Waals surface area contributed by atoms with Crippen LogP contribution in [-0.2, 0) is 4.74 Å². The first-order valence-corrected chi connectivity index (χ1v) is 4.72. The van der Waals surface area contributed by atoms with E-state index in [1.54, 1.807) is 0 Å². The van der Waals surface area contributed by atoms with Crippen molar-refractivity contribution in [2.45, 2.75) is 18.9 Å². The largest absolute Gasteiger partial charge is 0.373 e. The predicted octanol–water partition coefficient (Wildman–Crippen LogP) is 1.68. The molecule has 1 fully saturated rings. The standard InChI is InChI=1S/C9H15N3O.2ClH/c10-4-7-2-1-3-13-9(7)8-5-11-12-6-8;;/h5-7,9H,1-4,10H2,(H,11,12);2*1H. The molecule has 0 spiro atoms. The van der Waals surface area contributed by atoms with Crippen molar-refractivity contribution in [2.24, 2.45) is 11.7 Å². The summed E-state index contributed by atoms with van der Waals surface area (Å²) in [5, 5.41) is 6.72. The van der Waals surface area contributed by atoms with Crippen molar-refractivity contribution in [1.29, 1.82) is 0 Å². The maximum atomic E-state index is 5.69. The van der Waals surface area contributed by atoms with Crippen molar-refractivity contribution in [3.05, 3.63) is 18.0 Å². The third kappa shape index (κ3) is 3.34. The van der Waals surface area contributed by atoms with E-state index in [2.05, 4.69) is 10.2 Å². The third-order valence-electron chi connectivity index (χ3n) is 2.60. The van der Waals surface area contributed by atoms with E-state index >= 15 is 0 Å². The fraction of sp³-hybridized carbons (Fsp3) is 0.667. The average Bonchev–Trinajstić information content (AvgIpc) is 2.70. The predicted molar refractivity (Wildman–Crippen MR) is 63.6 cm³/mol. The molecule has 0 bridgehead atoms. The summed E-state index contributed by atoms with van der Waals surface area (Å²) in [4.78, 5) is 0. The van der Waals surface area contributed by atoms with Crippen molar-refractivity contribution in [2.75, 3.05) is 13.2 Å². The van der Waals surface area contributed by atoms with Gasteiger partial charge in [0.1, 0.15) is 0 Å². The Morgan fingerprint density at radius 3 is 2.93 bits per heavy atom. The Balaban J connectivity index is 0.000000980. The van der Waals surface area contributed by atoms with Gasteiger partial charge in [-0.2, -0.15) is 5.10 Å². The van der Waals surface area contributed by atoms with Gasteiger partial charge in [0.05, 0.1) is 12.3 Å². The highest BCUT2D eigenvalue weighted by Crippen LogP contribution is 2.32. The summed E-state index contributed by atoms with van der Waals surface area (Å²) in [5.41, 5.74) is 6.81. The molecule has 4 nitrogen and oxygen atoms in total. The first-order chi connectivity index (χ1) is 6.42. The van der Waals surface area contributed by atoms with Crippen LogP contribution in [0.3, 0.4) is 0 Å². The van der Waals surface area contributed by atoms with Gasteiger partial charge in [-0.1, -0.05) is 0 Å². The van der Waals surface area contributed by atoms with Gasteiger partial charge in [0, 0.05) is 24.3 Å². The van der Waals surface area contributed by atoms with Crippen molar-refractivity contribution in [3.63, 3.8) is 0 Å². The fourth-order valence-corrected chi connectivity index (χ4v) is 1.87. The molecule has 15 heavy (non-hydrogen) atoms. The van der Waals surface area contributed by atoms with Crippen molar-refractivity contribution in [3.8, 4) is 0 Å². The molecule has 1 aromatic heterocycles. The second-order valence-electron chi connectivity index (χ2n) is 3.46. The first kappa shape index (κ1) is 14.7. The van der Waals surface area contributed by atoms with Crippen LogP contribution in [-0.4, -0.2) is 23.3 Å². The van der Waals surface area contributed by atoms with E-state index < -0.39 is 0 Å². The van der Waals surface area contributed by atoms with E-state index in [1.165, 1.54) is 0 Å². The Kier molecular flexibility index (Phi) is 6.92. The van der Waals surface area contributed by atoms with Crippen LogP contribution in [0, 0.1) is 5.92 Å². The number of rotatable bonds is 2. The number of nitrogens with two attached hydrogens (primary N) is 1. The summed E-state index contributed by atoms with van der Waals surface area (Å²) in [6.07, 6.45) is 6.14. The summed E-state index contributed by atoms with van der Waals surface area (Å²) < 4.78 is 5.69. The number of nitrogens with zero attached hydrogens (tertiary/aromatic N) is 1. The highest BCUT2D eigenvalue weighted by atomic mass is 35.5. The van der Waals surface area contributed by atoms with Gasteiger partial charge in [0.25, 0.3) is 0 Å². The van der Waals surface area contributed by atoms with E-state index in [4.69, 9.17) is 10.5 Å². The zero-order valence-electron chi connectivity index (χ0n) is 8.39. The molecular formula is C9H17Cl2N3O. The molecule has 0 radical (unpaired) electrons. The highest BCUT2D eigenvalue weighted by Gasteiger charge is 2.26. The summed E-state index contributed by atoms with van der Waals surface area (Å²) in [7, 11) is 0. The van der Waals surface area contributed by atoms with E-state index in [0.29, 0.717) is 12.5 Å². The van der Waals surface area contributed by atoms with Crippen LogP contribution in [0.2, 0.25) is 0 Å². The molecule has 2 atom stereocenters. The molecule has 88 valence electrons. The molecule has 1 aromatic rings. The number of hydrogen-bond acceptors (Lipinski definition) is 3. The lowest BCUT2D eigenvalue weighted by Gasteiger charge is -2.30. The molecule has 0 aliphatic carbocycles. The minimum Gasteiger partial charge on any atom is -0.373 e. The van der Waals surface area contributed by atoms with E-state index in [1.807, 2.05) is 12.4 Å². The van der Waals surface area contributed by atoms with Gasteiger partial charge >= 0.3 is 0 Å². The molecule has 1 aliphatic heterocycles. The second kappa shape index (κ2) is 7.06. The third-order valence-corrected chi connectivity index (χ3v) is 2.60. The lowest BCUT2D eigenvalue weighted by atomic mass is 9.91. The van der Waals surface area contributed by atoms with Crippen LogP contribution in [0.1, 0.15) is 24.5 Å². The molecule has 2 rings (SSSR count). The number of H-pyrrole nitrogens is 1. The van der Waals surface area contributed by atoms with Crippen LogP contribution < -0.4 is 5.73 Å². The molecule has 2 heterocycles. The fourth-order valence-electron chi connectivity index (χ4n) is 1.87. The lowest BCUT2D eigenvalue weighted by molar-refractivity contribution is -0.0251. The number of aromatic nitrogens is 2. The summed E-state index contributed by atoms with van der Waals surface area (Å²) in [6, 6.07) is 0. The summed E-state index contributed by atoms with van der Waals surface area (Å²) in [5.74, 6) is 0.450. The normalized spacial score (nSPS) is 25.1. The Morgan fingerprint density at radius 1 is 1.53 bits per heavy atom. The smallest absolute Gasteiger partial charge is 0.0895 e. The Labute approximate surface area is 102 Å². The van der Waals surface area contributed by atoms with Crippen LogP contribution in [0.5, 0.6) is 0 Å². The average molecular weight is 254 g/mol.